The van der Waals surface area contributed by atoms with E-state index in [1.807, 2.05) is 13.8 Å². The molecule has 0 aromatic rings. The molecule has 2 bridgehead atoms. The number of sulfonamides is 1. The Morgan fingerprint density at radius 2 is 2.00 bits per heavy atom. The normalized spacial score (nSPS) is 42.3. The number of hydrogen-bond acceptors (Lipinski definition) is 3. The van der Waals surface area contributed by atoms with E-state index in [-0.39, 0.29) is 11.5 Å². The van der Waals surface area contributed by atoms with Crippen LogP contribution in [0.1, 0.15) is 40.0 Å². The van der Waals surface area contributed by atoms with Gasteiger partial charge in [0.2, 0.25) is 10.0 Å². The zero-order chi connectivity index (χ0) is 13.5. The van der Waals surface area contributed by atoms with Crippen LogP contribution < -0.4 is 0 Å². The van der Waals surface area contributed by atoms with E-state index < -0.39 is 20.7 Å². The summed E-state index contributed by atoms with van der Waals surface area (Å²) in [6.07, 6.45) is 2.50. The second kappa shape index (κ2) is 3.00. The summed E-state index contributed by atoms with van der Waals surface area (Å²) in [5.74, 6) is -0.00540. The molecule has 3 fully saturated rings. The van der Waals surface area contributed by atoms with Gasteiger partial charge in [-0.3, -0.25) is 4.79 Å². The number of hydrogen-bond donors (Lipinski definition) is 0. The van der Waals surface area contributed by atoms with Crippen LogP contribution in [0.25, 0.3) is 0 Å². The molecule has 3 unspecified atom stereocenters. The Morgan fingerprint density at radius 3 is 2.50 bits per heavy atom. The molecule has 100 valence electrons. The summed E-state index contributed by atoms with van der Waals surface area (Å²) >= 11 is 0. The maximum atomic E-state index is 12.6. The lowest BCUT2D eigenvalue weighted by molar-refractivity contribution is -0.126. The van der Waals surface area contributed by atoms with Crippen LogP contribution in [0, 0.1) is 11.3 Å². The molecule has 1 saturated heterocycles. The van der Waals surface area contributed by atoms with E-state index >= 15 is 0 Å². The molecule has 5 heteroatoms. The Hall–Kier alpha value is -0.840. The summed E-state index contributed by atoms with van der Waals surface area (Å²) in [6, 6.07) is -0.125. The van der Waals surface area contributed by atoms with Crippen LogP contribution in [0.3, 0.4) is 0 Å². The summed E-state index contributed by atoms with van der Waals surface area (Å²) in [4.78, 5) is 12.0. The molecule has 0 aromatic carbocycles. The second-order valence-electron chi connectivity index (χ2n) is 6.48. The smallest absolute Gasteiger partial charge is 0.262 e. The van der Waals surface area contributed by atoms with Gasteiger partial charge in [0.1, 0.15) is 4.75 Å². The number of carbonyl (C=O) groups excluding carboxylic acids is 1. The van der Waals surface area contributed by atoms with E-state index in [9.17, 15) is 13.2 Å². The maximum absolute atomic E-state index is 12.6. The van der Waals surface area contributed by atoms with Crippen LogP contribution in [-0.2, 0) is 14.8 Å². The fraction of sp³-hybridized carbons (Fsp3) is 0.769. The first-order valence-electron chi connectivity index (χ1n) is 6.42. The second-order valence-corrected chi connectivity index (χ2v) is 8.56. The lowest BCUT2D eigenvalue weighted by Crippen LogP contribution is -2.75. The minimum absolute atomic E-state index is 0.125. The number of nitrogens with zero attached hydrogens (tertiary/aromatic N) is 1. The molecule has 3 atom stereocenters. The van der Waals surface area contributed by atoms with Crippen LogP contribution in [-0.4, -0.2) is 29.4 Å². The quantitative estimate of drug-likeness (QED) is 0.681. The van der Waals surface area contributed by atoms with E-state index in [4.69, 9.17) is 0 Å². The summed E-state index contributed by atoms with van der Waals surface area (Å²) in [5, 5.41) is 0. The zero-order valence-electron chi connectivity index (χ0n) is 11.1. The lowest BCUT2D eigenvalue weighted by Gasteiger charge is -2.56. The summed E-state index contributed by atoms with van der Waals surface area (Å²) < 4.78 is 25.7. The van der Waals surface area contributed by atoms with Crippen LogP contribution >= 0.6 is 0 Å². The largest absolute Gasteiger partial charge is 0.268 e. The molecule has 1 heterocycles. The molecule has 18 heavy (non-hydrogen) atoms. The van der Waals surface area contributed by atoms with Crippen molar-refractivity contribution < 1.29 is 13.2 Å². The summed E-state index contributed by atoms with van der Waals surface area (Å²) in [5.41, 5.74) is 0.0940. The lowest BCUT2D eigenvalue weighted by atomic mass is 9.80. The first kappa shape index (κ1) is 12.2. The molecule has 0 radical (unpaired) electrons. The highest BCUT2D eigenvalue weighted by molar-refractivity contribution is 7.92. The Kier molecular flexibility index (Phi) is 2.04. The standard InChI is InChI=1S/C13H19NO3S/c1-8(2)11(15)14-10-7-9-5-6-13(10,12(9,3)4)18(14,16)17/h9-10H,1,5-7H2,2-4H3. The molecule has 2 saturated carbocycles. The SMILES string of the molecule is C=C(C)C(=O)N1C2CC3CCC2(C3(C)C)S1(=O)=O. The molecular formula is C13H19NO3S. The molecule has 3 rings (SSSR count). The molecule has 4 nitrogen and oxygen atoms in total. The van der Waals surface area contributed by atoms with Crippen molar-refractivity contribution in [3.05, 3.63) is 12.2 Å². The zero-order valence-corrected chi connectivity index (χ0v) is 11.9. The van der Waals surface area contributed by atoms with Crippen molar-refractivity contribution in [3.63, 3.8) is 0 Å². The van der Waals surface area contributed by atoms with Gasteiger partial charge in [0.25, 0.3) is 5.91 Å². The predicted octanol–water partition coefficient (Wildman–Crippen LogP) is 1.68. The minimum Gasteiger partial charge on any atom is -0.268 e. The van der Waals surface area contributed by atoms with E-state index in [0.717, 1.165) is 17.1 Å². The van der Waals surface area contributed by atoms with Gasteiger partial charge in [0.15, 0.2) is 0 Å². The third kappa shape index (κ3) is 0.930. The fourth-order valence-electron chi connectivity index (χ4n) is 4.54. The predicted molar refractivity (Wildman–Crippen MR) is 68.2 cm³/mol. The number of rotatable bonds is 1. The molecule has 0 N–H and O–H groups in total. The number of carbonyl (C=O) groups is 1. The first-order chi connectivity index (χ1) is 8.18. The van der Waals surface area contributed by atoms with E-state index in [2.05, 4.69) is 6.58 Å². The van der Waals surface area contributed by atoms with Gasteiger partial charge in [-0.2, -0.15) is 0 Å². The molecule has 2 aliphatic carbocycles. The van der Waals surface area contributed by atoms with Gasteiger partial charge in [-0.05, 0) is 37.5 Å². The highest BCUT2D eigenvalue weighted by Crippen LogP contribution is 2.70. The Balaban J connectivity index is 2.10. The van der Waals surface area contributed by atoms with Gasteiger partial charge < -0.3 is 0 Å². The van der Waals surface area contributed by atoms with Crippen molar-refractivity contribution in [1.82, 2.24) is 4.31 Å². The van der Waals surface area contributed by atoms with E-state index in [1.165, 1.54) is 0 Å². The Labute approximate surface area is 108 Å². The molecule has 1 aliphatic heterocycles. The average Bonchev–Trinajstić information content (AvgIpc) is 2.63. The average molecular weight is 269 g/mol. The van der Waals surface area contributed by atoms with Crippen molar-refractivity contribution in [1.29, 1.82) is 0 Å². The summed E-state index contributed by atoms with van der Waals surface area (Å²) in [6.45, 7) is 9.24. The third-order valence-electron chi connectivity index (χ3n) is 5.59. The van der Waals surface area contributed by atoms with Crippen molar-refractivity contribution >= 4 is 15.9 Å². The highest BCUT2D eigenvalue weighted by Gasteiger charge is 2.81. The first-order valence-corrected chi connectivity index (χ1v) is 7.86. The minimum atomic E-state index is -3.50. The molecule has 1 spiro atoms. The van der Waals surface area contributed by atoms with Gasteiger partial charge in [-0.1, -0.05) is 20.4 Å². The van der Waals surface area contributed by atoms with Gasteiger partial charge in [-0.25, -0.2) is 12.7 Å². The van der Waals surface area contributed by atoms with Crippen molar-refractivity contribution in [3.8, 4) is 0 Å². The van der Waals surface area contributed by atoms with E-state index in [1.54, 1.807) is 6.92 Å². The summed E-state index contributed by atoms with van der Waals surface area (Å²) in [7, 11) is -3.50. The van der Waals surface area contributed by atoms with Gasteiger partial charge >= 0.3 is 0 Å². The van der Waals surface area contributed by atoms with Crippen molar-refractivity contribution in [2.45, 2.75) is 50.8 Å². The molecule has 1 amide bonds. The molecule has 0 aromatic heterocycles. The van der Waals surface area contributed by atoms with Crippen LogP contribution in [0.15, 0.2) is 12.2 Å². The third-order valence-corrected chi connectivity index (χ3v) is 8.45. The topological polar surface area (TPSA) is 54.5 Å². The fourth-order valence-corrected chi connectivity index (χ4v) is 7.45. The van der Waals surface area contributed by atoms with Crippen molar-refractivity contribution in [2.75, 3.05) is 0 Å². The molecule has 3 aliphatic rings. The van der Waals surface area contributed by atoms with Gasteiger partial charge in [0.05, 0.1) is 6.04 Å². The monoisotopic (exact) mass is 269 g/mol. The Bertz CT molecular complexity index is 563. The van der Waals surface area contributed by atoms with Gasteiger partial charge in [0, 0.05) is 5.57 Å². The van der Waals surface area contributed by atoms with Crippen molar-refractivity contribution in [2.24, 2.45) is 11.3 Å². The van der Waals surface area contributed by atoms with Crippen LogP contribution in [0.2, 0.25) is 0 Å². The van der Waals surface area contributed by atoms with E-state index in [0.29, 0.717) is 17.9 Å². The van der Waals surface area contributed by atoms with Crippen LogP contribution in [0.4, 0.5) is 0 Å². The maximum Gasteiger partial charge on any atom is 0.262 e. The number of amides is 1. The van der Waals surface area contributed by atoms with Crippen LogP contribution in [0.5, 0.6) is 0 Å². The van der Waals surface area contributed by atoms with Gasteiger partial charge in [-0.15, -0.1) is 0 Å². The highest BCUT2D eigenvalue weighted by atomic mass is 32.2. The molecular weight excluding hydrogens is 250 g/mol. The number of fused-ring (bicyclic) bond motifs is 1. The Morgan fingerprint density at radius 1 is 1.39 bits per heavy atom.